The number of hydrogen-bond donors (Lipinski definition) is 2. The topological polar surface area (TPSA) is 95.6 Å². The number of sulfonamides is 1. The van der Waals surface area contributed by atoms with Gasteiger partial charge in [-0.25, -0.2) is 8.42 Å². The van der Waals surface area contributed by atoms with Crippen LogP contribution in [0.2, 0.25) is 0 Å². The molecule has 2 aromatic rings. The average Bonchev–Trinajstić information content (AvgIpc) is 3.17. The Labute approximate surface area is 182 Å². The lowest BCUT2D eigenvalue weighted by Gasteiger charge is -2.24. The molecule has 2 N–H and O–H groups in total. The Balaban J connectivity index is 1.50. The molecule has 0 bridgehead atoms. The van der Waals surface area contributed by atoms with E-state index in [4.69, 9.17) is 0 Å². The first-order valence-electron chi connectivity index (χ1n) is 10.6. The highest BCUT2D eigenvalue weighted by Gasteiger charge is 2.39. The van der Waals surface area contributed by atoms with Crippen LogP contribution in [-0.2, 0) is 32.6 Å². The Bertz CT molecular complexity index is 1100. The van der Waals surface area contributed by atoms with Crippen molar-refractivity contribution in [1.82, 2.24) is 9.62 Å². The summed E-state index contributed by atoms with van der Waals surface area (Å²) in [5.41, 5.74) is 3.59. The van der Waals surface area contributed by atoms with E-state index in [1.54, 1.807) is 12.1 Å². The highest BCUT2D eigenvalue weighted by molar-refractivity contribution is 7.89. The van der Waals surface area contributed by atoms with Crippen molar-refractivity contribution in [1.29, 1.82) is 0 Å². The Morgan fingerprint density at radius 1 is 1.13 bits per heavy atom. The van der Waals surface area contributed by atoms with E-state index < -0.39 is 16.1 Å². The van der Waals surface area contributed by atoms with Crippen molar-refractivity contribution in [2.75, 3.05) is 11.9 Å². The zero-order chi connectivity index (χ0) is 22.0. The van der Waals surface area contributed by atoms with E-state index in [2.05, 4.69) is 10.6 Å². The molecule has 1 unspecified atom stereocenters. The maximum Gasteiger partial charge on any atom is 0.243 e. The second-order valence-corrected chi connectivity index (χ2v) is 10.1. The van der Waals surface area contributed by atoms with Crippen LogP contribution < -0.4 is 10.6 Å². The van der Waals surface area contributed by atoms with Gasteiger partial charge in [-0.15, -0.1) is 0 Å². The molecule has 4 rings (SSSR count). The molecule has 0 spiro atoms. The highest BCUT2D eigenvalue weighted by Crippen LogP contribution is 2.30. The highest BCUT2D eigenvalue weighted by atomic mass is 32.2. The van der Waals surface area contributed by atoms with Crippen LogP contribution in [0.25, 0.3) is 0 Å². The minimum atomic E-state index is -3.82. The first kappa shape index (κ1) is 21.5. The van der Waals surface area contributed by atoms with Crippen LogP contribution in [0.4, 0.5) is 5.69 Å². The van der Waals surface area contributed by atoms with E-state index in [1.165, 1.54) is 10.4 Å². The number of carbonyl (C=O) groups excluding carboxylic acids is 2. The number of rotatable bonds is 5. The number of hydrogen-bond acceptors (Lipinski definition) is 4. The normalized spacial score (nSPS) is 19.4. The molecule has 2 aliphatic heterocycles. The van der Waals surface area contributed by atoms with Gasteiger partial charge < -0.3 is 10.6 Å². The molecule has 0 aliphatic carbocycles. The van der Waals surface area contributed by atoms with Crippen LogP contribution in [0.15, 0.2) is 47.4 Å². The number of carbonyl (C=O) groups is 2. The SMILES string of the molecule is Cc1ccc(CNC(=O)C2CCCN2S(=O)(=O)c2ccc3c(c2)CCCC(=O)N3)cc1. The fourth-order valence-electron chi connectivity index (χ4n) is 4.15. The molecule has 7 nitrogen and oxygen atoms in total. The van der Waals surface area contributed by atoms with E-state index in [9.17, 15) is 18.0 Å². The van der Waals surface area contributed by atoms with Gasteiger partial charge in [-0.1, -0.05) is 29.8 Å². The first-order valence-corrected chi connectivity index (χ1v) is 12.1. The van der Waals surface area contributed by atoms with Gasteiger partial charge in [-0.05, 0) is 61.9 Å². The molecular weight excluding hydrogens is 414 g/mol. The maximum absolute atomic E-state index is 13.4. The molecular formula is C23H27N3O4S. The van der Waals surface area contributed by atoms with Gasteiger partial charge in [0.05, 0.1) is 4.90 Å². The van der Waals surface area contributed by atoms with Crippen LogP contribution in [0.1, 0.15) is 42.4 Å². The zero-order valence-corrected chi connectivity index (χ0v) is 18.4. The number of nitrogens with one attached hydrogen (secondary N) is 2. The van der Waals surface area contributed by atoms with Crippen LogP contribution in [-0.4, -0.2) is 37.1 Å². The lowest BCUT2D eigenvalue weighted by atomic mass is 10.1. The van der Waals surface area contributed by atoms with Crippen molar-refractivity contribution in [3.05, 3.63) is 59.2 Å². The molecule has 2 aliphatic rings. The van der Waals surface area contributed by atoms with Gasteiger partial charge in [-0.2, -0.15) is 4.31 Å². The van der Waals surface area contributed by atoms with Crippen molar-refractivity contribution in [2.45, 2.75) is 56.5 Å². The van der Waals surface area contributed by atoms with Crippen molar-refractivity contribution in [2.24, 2.45) is 0 Å². The summed E-state index contributed by atoms with van der Waals surface area (Å²) in [6, 6.07) is 11.9. The molecule has 2 aromatic carbocycles. The van der Waals surface area contributed by atoms with Crippen molar-refractivity contribution in [3.8, 4) is 0 Å². The van der Waals surface area contributed by atoms with Crippen LogP contribution in [0.3, 0.4) is 0 Å². The third kappa shape index (κ3) is 4.65. The third-order valence-corrected chi connectivity index (χ3v) is 7.81. The van der Waals surface area contributed by atoms with Gasteiger partial charge in [0.15, 0.2) is 0 Å². The summed E-state index contributed by atoms with van der Waals surface area (Å²) in [6.45, 7) is 2.68. The van der Waals surface area contributed by atoms with Gasteiger partial charge in [0.1, 0.15) is 6.04 Å². The van der Waals surface area contributed by atoms with Gasteiger partial charge in [0.25, 0.3) is 0 Å². The Morgan fingerprint density at radius 2 is 1.90 bits per heavy atom. The minimum Gasteiger partial charge on any atom is -0.351 e. The average molecular weight is 442 g/mol. The second kappa shape index (κ2) is 8.80. The predicted octanol–water partition coefficient (Wildman–Crippen LogP) is 2.74. The first-order chi connectivity index (χ1) is 14.8. The van der Waals surface area contributed by atoms with E-state index in [1.807, 2.05) is 31.2 Å². The van der Waals surface area contributed by atoms with Gasteiger partial charge in [0, 0.05) is 25.2 Å². The molecule has 0 radical (unpaired) electrons. The summed E-state index contributed by atoms with van der Waals surface area (Å²) in [5.74, 6) is -0.331. The van der Waals surface area contributed by atoms with Crippen molar-refractivity contribution < 1.29 is 18.0 Å². The summed E-state index contributed by atoms with van der Waals surface area (Å²) in [5, 5.41) is 5.71. The van der Waals surface area contributed by atoms with Gasteiger partial charge in [-0.3, -0.25) is 9.59 Å². The third-order valence-electron chi connectivity index (χ3n) is 5.90. The molecule has 0 aromatic heterocycles. The molecule has 1 saturated heterocycles. The zero-order valence-electron chi connectivity index (χ0n) is 17.6. The van der Waals surface area contributed by atoms with Crippen LogP contribution in [0.5, 0.6) is 0 Å². The number of amides is 2. The molecule has 1 fully saturated rings. The van der Waals surface area contributed by atoms with E-state index in [0.29, 0.717) is 50.9 Å². The Kier molecular flexibility index (Phi) is 6.11. The number of anilines is 1. The second-order valence-electron chi connectivity index (χ2n) is 8.20. The Hall–Kier alpha value is -2.71. The number of nitrogens with zero attached hydrogens (tertiary/aromatic N) is 1. The monoisotopic (exact) mass is 441 g/mol. The molecule has 8 heteroatoms. The summed E-state index contributed by atoms with van der Waals surface area (Å²) < 4.78 is 28.0. The quantitative estimate of drug-likeness (QED) is 0.746. The molecule has 31 heavy (non-hydrogen) atoms. The number of fused-ring (bicyclic) bond motifs is 1. The van der Waals surface area contributed by atoms with E-state index >= 15 is 0 Å². The number of benzene rings is 2. The van der Waals surface area contributed by atoms with E-state index in [0.717, 1.165) is 16.7 Å². The molecule has 2 heterocycles. The smallest absolute Gasteiger partial charge is 0.243 e. The van der Waals surface area contributed by atoms with Gasteiger partial charge in [0.2, 0.25) is 21.8 Å². The van der Waals surface area contributed by atoms with Crippen molar-refractivity contribution in [3.63, 3.8) is 0 Å². The molecule has 0 saturated carbocycles. The summed E-state index contributed by atoms with van der Waals surface area (Å²) >= 11 is 0. The number of aryl methyl sites for hydroxylation is 2. The largest absolute Gasteiger partial charge is 0.351 e. The van der Waals surface area contributed by atoms with Gasteiger partial charge >= 0.3 is 0 Å². The Morgan fingerprint density at radius 3 is 2.68 bits per heavy atom. The molecule has 1 atom stereocenters. The lowest BCUT2D eigenvalue weighted by molar-refractivity contribution is -0.124. The summed E-state index contributed by atoms with van der Waals surface area (Å²) in [6.07, 6.45) is 2.88. The van der Waals surface area contributed by atoms with E-state index in [-0.39, 0.29) is 16.7 Å². The predicted molar refractivity (Wildman–Crippen MR) is 118 cm³/mol. The fourth-order valence-corrected chi connectivity index (χ4v) is 5.86. The molecule has 164 valence electrons. The maximum atomic E-state index is 13.4. The minimum absolute atomic E-state index is 0.0563. The molecule has 2 amide bonds. The van der Waals surface area contributed by atoms with Crippen LogP contribution in [0, 0.1) is 6.92 Å². The summed E-state index contributed by atoms with van der Waals surface area (Å²) in [4.78, 5) is 24.7. The van der Waals surface area contributed by atoms with Crippen molar-refractivity contribution >= 4 is 27.5 Å². The fraction of sp³-hybridized carbons (Fsp3) is 0.391. The lowest BCUT2D eigenvalue weighted by Crippen LogP contribution is -2.45. The summed E-state index contributed by atoms with van der Waals surface area (Å²) in [7, 11) is -3.82. The standard InChI is InChI=1S/C23H27N3O4S/c1-16-7-9-17(10-8-16)15-24-23(28)21-5-3-13-26(21)31(29,30)19-11-12-20-18(14-19)4-2-6-22(27)25-20/h7-12,14,21H,2-6,13,15H2,1H3,(H,24,28)(H,25,27). The van der Waals surface area contributed by atoms with Crippen LogP contribution >= 0.6 is 0 Å².